The lowest BCUT2D eigenvalue weighted by atomic mass is 10.1. The number of aromatic amines is 2. The number of imidazole rings is 2. The lowest BCUT2D eigenvalue weighted by Crippen LogP contribution is -2.21. The largest absolute Gasteiger partial charge is 0.340 e. The van der Waals surface area contributed by atoms with Crippen LogP contribution in [0.25, 0.3) is 11.0 Å². The molecule has 2 aromatic heterocycles. The van der Waals surface area contributed by atoms with Crippen LogP contribution in [0.4, 0.5) is 11.6 Å². The Labute approximate surface area is 166 Å². The number of carbonyl (C=O) groups is 2. The molecule has 4 aromatic rings. The van der Waals surface area contributed by atoms with Gasteiger partial charge in [-0.25, -0.2) is 9.97 Å². The summed E-state index contributed by atoms with van der Waals surface area (Å²) in [5.74, 6) is -0.663. The second-order valence-corrected chi connectivity index (χ2v) is 6.54. The van der Waals surface area contributed by atoms with E-state index in [0.717, 1.165) is 29.4 Å². The molecule has 0 aliphatic heterocycles. The van der Waals surface area contributed by atoms with Crippen LogP contribution in [0.5, 0.6) is 0 Å². The Kier molecular flexibility index (Phi) is 5.07. The van der Waals surface area contributed by atoms with Gasteiger partial charge in [-0.05, 0) is 30.2 Å². The summed E-state index contributed by atoms with van der Waals surface area (Å²) in [5.41, 5.74) is 3.37. The summed E-state index contributed by atoms with van der Waals surface area (Å²) < 4.78 is 0. The van der Waals surface area contributed by atoms with Crippen LogP contribution < -0.4 is 10.6 Å². The maximum absolute atomic E-state index is 12.8. The van der Waals surface area contributed by atoms with Gasteiger partial charge in [-0.15, -0.1) is 0 Å². The van der Waals surface area contributed by atoms with E-state index >= 15 is 0 Å². The van der Waals surface area contributed by atoms with Gasteiger partial charge in [0.25, 0.3) is 11.8 Å². The number of aromatic nitrogens is 4. The molecule has 0 saturated heterocycles. The predicted molar refractivity (Wildman–Crippen MR) is 111 cm³/mol. The minimum absolute atomic E-state index is 0.0184. The molecule has 8 heteroatoms. The first-order valence-corrected chi connectivity index (χ1v) is 9.34. The van der Waals surface area contributed by atoms with Crippen molar-refractivity contribution in [2.24, 2.45) is 0 Å². The smallest absolute Gasteiger partial charge is 0.276 e. The van der Waals surface area contributed by atoms with Crippen LogP contribution in [-0.4, -0.2) is 31.8 Å². The first-order valence-electron chi connectivity index (χ1n) is 9.34. The minimum Gasteiger partial charge on any atom is -0.340 e. The molecule has 0 atom stereocenters. The maximum Gasteiger partial charge on any atom is 0.276 e. The van der Waals surface area contributed by atoms with E-state index in [1.54, 1.807) is 0 Å². The number of anilines is 2. The highest BCUT2D eigenvalue weighted by molar-refractivity contribution is 6.13. The van der Waals surface area contributed by atoms with Crippen molar-refractivity contribution in [2.45, 2.75) is 19.8 Å². The Bertz CT molecular complexity index is 1140. The fraction of sp³-hybridized carbons (Fsp3) is 0.143. The average Bonchev–Trinajstić information content (AvgIpc) is 3.36. The number of para-hydroxylation sites is 3. The number of nitrogens with one attached hydrogen (secondary N) is 4. The molecule has 0 fully saturated rings. The van der Waals surface area contributed by atoms with Gasteiger partial charge in [0.2, 0.25) is 5.95 Å². The Hall–Kier alpha value is -3.94. The van der Waals surface area contributed by atoms with Gasteiger partial charge in [-0.3, -0.25) is 14.9 Å². The van der Waals surface area contributed by atoms with Gasteiger partial charge in [0.1, 0.15) is 5.69 Å². The summed E-state index contributed by atoms with van der Waals surface area (Å²) in [5, 5.41) is 5.52. The summed E-state index contributed by atoms with van der Waals surface area (Å²) in [7, 11) is 0. The van der Waals surface area contributed by atoms with Gasteiger partial charge >= 0.3 is 0 Å². The van der Waals surface area contributed by atoms with Crippen molar-refractivity contribution in [1.29, 1.82) is 0 Å². The minimum atomic E-state index is -0.506. The molecular weight excluding hydrogens is 368 g/mol. The number of fused-ring (bicyclic) bond motifs is 1. The van der Waals surface area contributed by atoms with E-state index in [1.807, 2.05) is 48.5 Å². The molecule has 0 aliphatic rings. The number of aryl methyl sites for hydroxylation is 1. The highest BCUT2D eigenvalue weighted by atomic mass is 16.2. The fourth-order valence-corrected chi connectivity index (χ4v) is 3.13. The van der Waals surface area contributed by atoms with Gasteiger partial charge in [0.05, 0.1) is 17.4 Å². The second kappa shape index (κ2) is 7.97. The van der Waals surface area contributed by atoms with Crippen molar-refractivity contribution < 1.29 is 9.59 Å². The normalized spacial score (nSPS) is 10.8. The van der Waals surface area contributed by atoms with Gasteiger partial charge in [-0.1, -0.05) is 43.7 Å². The molecule has 4 N–H and O–H groups in total. The topological polar surface area (TPSA) is 116 Å². The van der Waals surface area contributed by atoms with E-state index in [1.165, 1.54) is 6.33 Å². The third-order valence-electron chi connectivity index (χ3n) is 4.49. The van der Waals surface area contributed by atoms with Crippen molar-refractivity contribution in [2.75, 3.05) is 10.6 Å². The summed E-state index contributed by atoms with van der Waals surface area (Å²) in [4.78, 5) is 39.5. The maximum atomic E-state index is 12.8. The first-order chi connectivity index (χ1) is 14.2. The van der Waals surface area contributed by atoms with E-state index < -0.39 is 11.8 Å². The highest BCUT2D eigenvalue weighted by Gasteiger charge is 2.22. The molecule has 0 spiro atoms. The summed E-state index contributed by atoms with van der Waals surface area (Å²) in [6.07, 6.45) is 3.12. The highest BCUT2D eigenvalue weighted by Crippen LogP contribution is 2.19. The van der Waals surface area contributed by atoms with Gasteiger partial charge in [-0.2, -0.15) is 0 Å². The van der Waals surface area contributed by atoms with Crippen molar-refractivity contribution in [3.63, 3.8) is 0 Å². The summed E-state index contributed by atoms with van der Waals surface area (Å²) in [6.45, 7) is 2.08. The van der Waals surface area contributed by atoms with E-state index in [9.17, 15) is 9.59 Å². The number of benzene rings is 2. The number of hydrogen-bond donors (Lipinski definition) is 4. The van der Waals surface area contributed by atoms with E-state index in [2.05, 4.69) is 37.5 Å². The number of amides is 2. The molecule has 4 rings (SSSR count). The molecule has 0 unspecified atom stereocenters. The van der Waals surface area contributed by atoms with E-state index in [0.29, 0.717) is 11.6 Å². The molecule has 0 radical (unpaired) electrons. The molecule has 2 amide bonds. The lowest BCUT2D eigenvalue weighted by molar-refractivity contribution is 0.0985. The van der Waals surface area contributed by atoms with Crippen LogP contribution in [0.1, 0.15) is 39.9 Å². The second-order valence-electron chi connectivity index (χ2n) is 6.54. The van der Waals surface area contributed by atoms with Crippen molar-refractivity contribution in [1.82, 2.24) is 19.9 Å². The van der Waals surface area contributed by atoms with Crippen LogP contribution in [0, 0.1) is 0 Å². The molecule has 0 aliphatic carbocycles. The quantitative estimate of drug-likeness (QED) is 0.403. The van der Waals surface area contributed by atoms with Crippen LogP contribution in [0.2, 0.25) is 0 Å². The molecular formula is C21H20N6O2. The average molecular weight is 388 g/mol. The molecule has 146 valence electrons. The molecule has 2 aromatic carbocycles. The Morgan fingerprint density at radius 2 is 1.79 bits per heavy atom. The molecule has 0 saturated carbocycles. The third kappa shape index (κ3) is 3.86. The molecule has 2 heterocycles. The zero-order valence-electron chi connectivity index (χ0n) is 15.8. The predicted octanol–water partition coefficient (Wildman–Crippen LogP) is 3.74. The zero-order chi connectivity index (χ0) is 20.2. The zero-order valence-corrected chi connectivity index (χ0v) is 15.8. The van der Waals surface area contributed by atoms with Crippen LogP contribution in [0.15, 0.2) is 54.9 Å². The molecule has 8 nitrogen and oxygen atoms in total. The van der Waals surface area contributed by atoms with Crippen molar-refractivity contribution in [3.05, 3.63) is 71.8 Å². The number of hydrogen-bond acceptors (Lipinski definition) is 4. The SMILES string of the molecule is CCCc1ccccc1NC(=O)c1nc[nH]c1C(=O)Nc1nc2ccccc2[nH]1. The fourth-order valence-electron chi connectivity index (χ4n) is 3.13. The number of carbonyl (C=O) groups excluding carboxylic acids is 2. The monoisotopic (exact) mass is 388 g/mol. The first kappa shape index (κ1) is 18.4. The Balaban J connectivity index is 1.53. The number of nitrogens with zero attached hydrogens (tertiary/aromatic N) is 2. The van der Waals surface area contributed by atoms with Crippen molar-refractivity contribution in [3.8, 4) is 0 Å². The summed E-state index contributed by atoms with van der Waals surface area (Å²) in [6, 6.07) is 15.0. The summed E-state index contributed by atoms with van der Waals surface area (Å²) >= 11 is 0. The third-order valence-corrected chi connectivity index (χ3v) is 4.49. The standard InChI is InChI=1S/C21H20N6O2/c1-2-7-13-8-3-4-9-14(13)24-19(28)17-18(23-12-22-17)20(29)27-21-25-15-10-5-6-11-16(15)26-21/h3-6,8-12H,2,7H2,1H3,(H,22,23)(H,24,28)(H2,25,26,27,29). The van der Waals surface area contributed by atoms with E-state index in [-0.39, 0.29) is 11.4 Å². The Morgan fingerprint density at radius 3 is 2.62 bits per heavy atom. The van der Waals surface area contributed by atoms with E-state index in [4.69, 9.17) is 0 Å². The Morgan fingerprint density at radius 1 is 1.00 bits per heavy atom. The molecule has 0 bridgehead atoms. The molecule has 29 heavy (non-hydrogen) atoms. The van der Waals surface area contributed by atoms with Crippen LogP contribution in [-0.2, 0) is 6.42 Å². The van der Waals surface area contributed by atoms with Gasteiger partial charge in [0.15, 0.2) is 5.69 Å². The lowest BCUT2D eigenvalue weighted by Gasteiger charge is -2.10. The van der Waals surface area contributed by atoms with Crippen molar-refractivity contribution >= 4 is 34.5 Å². The van der Waals surface area contributed by atoms with Gasteiger partial charge in [0, 0.05) is 5.69 Å². The van der Waals surface area contributed by atoms with Crippen LogP contribution >= 0.6 is 0 Å². The van der Waals surface area contributed by atoms with Crippen LogP contribution in [0.3, 0.4) is 0 Å². The number of rotatable bonds is 6. The van der Waals surface area contributed by atoms with Gasteiger partial charge < -0.3 is 15.3 Å². The number of H-pyrrole nitrogens is 2.